The Morgan fingerprint density at radius 1 is 1.55 bits per heavy atom. The molecule has 0 saturated carbocycles. The van der Waals surface area contributed by atoms with Crippen LogP contribution >= 0.6 is 0 Å². The number of aromatic hydroxyl groups is 1. The first-order valence-corrected chi connectivity index (χ1v) is 3.83. The van der Waals surface area contributed by atoms with Gasteiger partial charge in [-0.2, -0.15) is 0 Å². The van der Waals surface area contributed by atoms with E-state index < -0.39 is 0 Å². The predicted molar refractivity (Wildman–Crippen MR) is 44.4 cm³/mol. The molecule has 0 saturated heterocycles. The molecular formula is C9H13NO. The molecule has 0 atom stereocenters. The number of pyridine rings is 1. The fourth-order valence-electron chi connectivity index (χ4n) is 0.973. The van der Waals surface area contributed by atoms with Crippen LogP contribution in [-0.4, -0.2) is 10.1 Å². The zero-order valence-electron chi connectivity index (χ0n) is 6.91. The molecule has 1 heterocycles. The van der Waals surface area contributed by atoms with Crippen LogP contribution < -0.4 is 0 Å². The van der Waals surface area contributed by atoms with Gasteiger partial charge in [0.05, 0.1) is 5.69 Å². The van der Waals surface area contributed by atoms with Crippen molar-refractivity contribution in [2.45, 2.75) is 20.3 Å². The van der Waals surface area contributed by atoms with Crippen LogP contribution in [0.4, 0.5) is 0 Å². The molecule has 1 aromatic heterocycles. The summed E-state index contributed by atoms with van der Waals surface area (Å²) in [5.41, 5.74) is 0.794. The van der Waals surface area contributed by atoms with Crippen molar-refractivity contribution in [2.75, 3.05) is 0 Å². The van der Waals surface area contributed by atoms with E-state index in [4.69, 9.17) is 0 Å². The third-order valence-corrected chi connectivity index (χ3v) is 1.47. The van der Waals surface area contributed by atoms with E-state index in [1.54, 1.807) is 18.3 Å². The van der Waals surface area contributed by atoms with Crippen molar-refractivity contribution in [3.63, 3.8) is 0 Å². The molecule has 0 fully saturated rings. The highest BCUT2D eigenvalue weighted by Crippen LogP contribution is 2.15. The Labute approximate surface area is 66.9 Å². The molecule has 0 radical (unpaired) electrons. The molecule has 1 aromatic rings. The van der Waals surface area contributed by atoms with E-state index in [0.717, 1.165) is 12.1 Å². The molecule has 0 aromatic carbocycles. The molecule has 60 valence electrons. The van der Waals surface area contributed by atoms with Gasteiger partial charge in [0.15, 0.2) is 0 Å². The Bertz CT molecular complexity index is 233. The Kier molecular flexibility index (Phi) is 2.47. The molecule has 0 unspecified atom stereocenters. The Morgan fingerprint density at radius 3 is 2.82 bits per heavy atom. The van der Waals surface area contributed by atoms with Crippen LogP contribution in [0.3, 0.4) is 0 Å². The van der Waals surface area contributed by atoms with Gasteiger partial charge in [-0.1, -0.05) is 13.8 Å². The second-order valence-corrected chi connectivity index (χ2v) is 3.07. The van der Waals surface area contributed by atoms with E-state index in [1.165, 1.54) is 0 Å². The topological polar surface area (TPSA) is 33.1 Å². The highest BCUT2D eigenvalue weighted by atomic mass is 16.3. The Morgan fingerprint density at radius 2 is 2.27 bits per heavy atom. The van der Waals surface area contributed by atoms with E-state index in [1.807, 2.05) is 0 Å². The summed E-state index contributed by atoms with van der Waals surface area (Å²) in [5.74, 6) is 0.844. The number of rotatable bonds is 2. The summed E-state index contributed by atoms with van der Waals surface area (Å²) in [4.78, 5) is 4.07. The highest BCUT2D eigenvalue weighted by molar-refractivity contribution is 5.24. The maximum absolute atomic E-state index is 9.30. The second kappa shape index (κ2) is 3.37. The number of hydrogen-bond acceptors (Lipinski definition) is 2. The lowest BCUT2D eigenvalue weighted by Crippen LogP contribution is -1.96. The monoisotopic (exact) mass is 151 g/mol. The molecule has 2 nitrogen and oxygen atoms in total. The Hall–Kier alpha value is -1.05. The summed E-state index contributed by atoms with van der Waals surface area (Å²) in [6.07, 6.45) is 2.55. The molecule has 0 bridgehead atoms. The normalized spacial score (nSPS) is 10.5. The average molecular weight is 151 g/mol. The summed E-state index contributed by atoms with van der Waals surface area (Å²) in [5, 5.41) is 9.30. The zero-order chi connectivity index (χ0) is 8.27. The van der Waals surface area contributed by atoms with Crippen LogP contribution in [0.2, 0.25) is 0 Å². The van der Waals surface area contributed by atoms with Crippen LogP contribution in [0.5, 0.6) is 5.75 Å². The van der Waals surface area contributed by atoms with Gasteiger partial charge in [0.2, 0.25) is 0 Å². The van der Waals surface area contributed by atoms with E-state index in [0.29, 0.717) is 11.7 Å². The molecule has 2 heteroatoms. The highest BCUT2D eigenvalue weighted by Gasteiger charge is 2.02. The van der Waals surface area contributed by atoms with Gasteiger partial charge in [-0.05, 0) is 24.5 Å². The van der Waals surface area contributed by atoms with Crippen molar-refractivity contribution in [3.05, 3.63) is 24.0 Å². The predicted octanol–water partition coefficient (Wildman–Crippen LogP) is 1.99. The van der Waals surface area contributed by atoms with E-state index in [2.05, 4.69) is 18.8 Å². The van der Waals surface area contributed by atoms with Gasteiger partial charge in [-0.15, -0.1) is 0 Å². The minimum absolute atomic E-state index is 0.307. The van der Waals surface area contributed by atoms with Gasteiger partial charge in [0, 0.05) is 6.20 Å². The smallest absolute Gasteiger partial charge is 0.137 e. The van der Waals surface area contributed by atoms with Gasteiger partial charge >= 0.3 is 0 Å². The van der Waals surface area contributed by atoms with Gasteiger partial charge in [0.1, 0.15) is 5.75 Å². The third kappa shape index (κ3) is 2.22. The molecular weight excluding hydrogens is 138 g/mol. The lowest BCUT2D eigenvalue weighted by Gasteiger charge is -2.04. The average Bonchev–Trinajstić information content (AvgIpc) is 1.93. The van der Waals surface area contributed by atoms with Gasteiger partial charge in [-0.3, -0.25) is 4.98 Å². The maximum Gasteiger partial charge on any atom is 0.137 e. The molecule has 0 amide bonds. The third-order valence-electron chi connectivity index (χ3n) is 1.47. The summed E-state index contributed by atoms with van der Waals surface area (Å²) >= 11 is 0. The fraction of sp³-hybridized carbons (Fsp3) is 0.444. The standard InChI is InChI=1S/C9H13NO/c1-7(2)6-8-9(11)4-3-5-10-8/h3-5,7,11H,6H2,1-2H3. The summed E-state index contributed by atoms with van der Waals surface area (Å²) in [6.45, 7) is 4.21. The summed E-state index contributed by atoms with van der Waals surface area (Å²) in [7, 11) is 0. The van der Waals surface area contributed by atoms with Crippen LogP contribution in [0.15, 0.2) is 18.3 Å². The molecule has 1 N–H and O–H groups in total. The van der Waals surface area contributed by atoms with E-state index >= 15 is 0 Å². The van der Waals surface area contributed by atoms with Crippen LogP contribution in [0.25, 0.3) is 0 Å². The number of nitrogens with zero attached hydrogens (tertiary/aromatic N) is 1. The van der Waals surface area contributed by atoms with E-state index in [-0.39, 0.29) is 0 Å². The second-order valence-electron chi connectivity index (χ2n) is 3.07. The molecule has 1 rings (SSSR count). The maximum atomic E-state index is 9.30. The fourth-order valence-corrected chi connectivity index (χ4v) is 0.973. The lowest BCUT2D eigenvalue weighted by molar-refractivity contribution is 0.457. The quantitative estimate of drug-likeness (QED) is 0.701. The zero-order valence-corrected chi connectivity index (χ0v) is 6.91. The van der Waals surface area contributed by atoms with Gasteiger partial charge in [0.25, 0.3) is 0 Å². The van der Waals surface area contributed by atoms with Crippen LogP contribution in [-0.2, 0) is 6.42 Å². The van der Waals surface area contributed by atoms with Crippen molar-refractivity contribution < 1.29 is 5.11 Å². The van der Waals surface area contributed by atoms with Crippen molar-refractivity contribution in [1.82, 2.24) is 4.98 Å². The lowest BCUT2D eigenvalue weighted by atomic mass is 10.1. The number of hydrogen-bond donors (Lipinski definition) is 1. The van der Waals surface area contributed by atoms with Gasteiger partial charge < -0.3 is 5.11 Å². The van der Waals surface area contributed by atoms with Crippen molar-refractivity contribution in [1.29, 1.82) is 0 Å². The molecule has 0 aliphatic heterocycles. The first kappa shape index (κ1) is 8.05. The van der Waals surface area contributed by atoms with Crippen molar-refractivity contribution in [3.8, 4) is 5.75 Å². The van der Waals surface area contributed by atoms with Gasteiger partial charge in [-0.25, -0.2) is 0 Å². The molecule has 0 aliphatic carbocycles. The van der Waals surface area contributed by atoms with Crippen molar-refractivity contribution >= 4 is 0 Å². The molecule has 0 aliphatic rings. The molecule has 11 heavy (non-hydrogen) atoms. The molecule has 0 spiro atoms. The SMILES string of the molecule is CC(C)Cc1ncccc1O. The van der Waals surface area contributed by atoms with Crippen molar-refractivity contribution in [2.24, 2.45) is 5.92 Å². The number of aromatic nitrogens is 1. The largest absolute Gasteiger partial charge is 0.506 e. The summed E-state index contributed by atoms with van der Waals surface area (Å²) in [6, 6.07) is 3.41. The summed E-state index contributed by atoms with van der Waals surface area (Å²) < 4.78 is 0. The first-order valence-electron chi connectivity index (χ1n) is 3.83. The Balaban J connectivity index is 2.78. The van der Waals surface area contributed by atoms with Crippen LogP contribution in [0, 0.1) is 5.92 Å². The minimum atomic E-state index is 0.307. The minimum Gasteiger partial charge on any atom is -0.506 e. The van der Waals surface area contributed by atoms with Crippen LogP contribution in [0.1, 0.15) is 19.5 Å². The van der Waals surface area contributed by atoms with E-state index in [9.17, 15) is 5.11 Å². The first-order chi connectivity index (χ1) is 5.20.